The van der Waals surface area contributed by atoms with Gasteiger partial charge in [0, 0.05) is 23.8 Å². The van der Waals surface area contributed by atoms with Crippen LogP contribution < -0.4 is 19.6 Å². The van der Waals surface area contributed by atoms with Crippen LogP contribution in [-0.2, 0) is 14.2 Å². The van der Waals surface area contributed by atoms with Crippen LogP contribution in [0.25, 0.3) is 22.3 Å². The lowest BCUT2D eigenvalue weighted by Gasteiger charge is -2.42. The molecule has 2 saturated heterocycles. The van der Waals surface area contributed by atoms with Crippen molar-refractivity contribution >= 4 is 11.0 Å². The number of rotatable bonds is 9. The van der Waals surface area contributed by atoms with Crippen molar-refractivity contribution in [2.24, 2.45) is 0 Å². The third kappa shape index (κ3) is 6.29. The number of ether oxygens (including phenoxy) is 6. The Morgan fingerprint density at radius 2 is 1.33 bits per heavy atom. The second-order valence-corrected chi connectivity index (χ2v) is 10.7. The van der Waals surface area contributed by atoms with Crippen LogP contribution >= 0.6 is 0 Å². The Morgan fingerprint density at radius 1 is 0.739 bits per heavy atom. The first-order valence-corrected chi connectivity index (χ1v) is 13.9. The van der Waals surface area contributed by atoms with E-state index in [0.717, 1.165) is 12.1 Å². The second-order valence-electron chi connectivity index (χ2n) is 10.7. The molecule has 0 spiro atoms. The maximum atomic E-state index is 13.0. The zero-order chi connectivity index (χ0) is 33.4. The Kier molecular flexibility index (Phi) is 9.89. The van der Waals surface area contributed by atoms with Crippen LogP contribution in [0.2, 0.25) is 0 Å². The fourth-order valence-electron chi connectivity index (χ4n) is 5.17. The summed E-state index contributed by atoms with van der Waals surface area (Å²) in [7, 11) is 2.64. The summed E-state index contributed by atoms with van der Waals surface area (Å²) in [6.45, 7) is -1.29. The van der Waals surface area contributed by atoms with Crippen molar-refractivity contribution in [2.45, 2.75) is 61.4 Å². The summed E-state index contributed by atoms with van der Waals surface area (Å²) in [4.78, 5) is 13.0. The molecule has 0 saturated carbocycles. The molecule has 0 amide bonds. The molecule has 17 heteroatoms. The number of aliphatic hydroxyl groups excluding tert-OH is 7. The molecule has 46 heavy (non-hydrogen) atoms. The molecule has 2 aliphatic heterocycles. The second kappa shape index (κ2) is 13.5. The minimum Gasteiger partial charge on any atom is -0.507 e. The summed E-state index contributed by atoms with van der Waals surface area (Å²) in [5.74, 6) is -0.948. The van der Waals surface area contributed by atoms with Crippen LogP contribution in [0.4, 0.5) is 0 Å². The summed E-state index contributed by atoms with van der Waals surface area (Å²) >= 11 is 0. The van der Waals surface area contributed by atoms with Gasteiger partial charge in [0.05, 0.1) is 27.4 Å². The van der Waals surface area contributed by atoms with Gasteiger partial charge in [-0.2, -0.15) is 0 Å². The van der Waals surface area contributed by atoms with Crippen LogP contribution in [-0.4, -0.2) is 135 Å². The fraction of sp³-hybridized carbons (Fsp3) is 0.483. The van der Waals surface area contributed by atoms with E-state index in [1.54, 1.807) is 0 Å². The van der Waals surface area contributed by atoms with E-state index in [2.05, 4.69) is 0 Å². The van der Waals surface area contributed by atoms with E-state index in [1.807, 2.05) is 0 Å². The highest BCUT2D eigenvalue weighted by Gasteiger charge is 2.48. The number of aliphatic hydroxyl groups is 7. The molecule has 3 heterocycles. The largest absolute Gasteiger partial charge is 0.507 e. The van der Waals surface area contributed by atoms with E-state index >= 15 is 0 Å². The van der Waals surface area contributed by atoms with E-state index in [0.29, 0.717) is 0 Å². The first-order chi connectivity index (χ1) is 21.9. The highest BCUT2D eigenvalue weighted by atomic mass is 16.7. The third-order valence-corrected chi connectivity index (χ3v) is 7.74. The Bertz CT molecular complexity index is 1560. The van der Waals surface area contributed by atoms with Gasteiger partial charge < -0.3 is 78.8 Å². The molecule has 2 aromatic carbocycles. The number of fused-ring (bicyclic) bond motifs is 1. The standard InChI is InChI=1S/C29H34O17/c1-40-16-3-10(4-17(41-2)21(16)33)14-7-13(32)20-12(31)5-11(6-15(20)44-14)43-29-27(39)25(37)23(35)19(46-29)9-42-28-26(38)24(36)22(34)18(8-30)45-28/h3-7,18-19,22-31,33-39H,8-9H2,1-2H3. The van der Waals surface area contributed by atoms with Crippen molar-refractivity contribution in [3.8, 4) is 40.1 Å². The number of aromatic hydroxyl groups is 2. The topological polar surface area (TPSA) is 268 Å². The lowest BCUT2D eigenvalue weighted by atomic mass is 9.98. The monoisotopic (exact) mass is 654 g/mol. The SMILES string of the molecule is COc1cc(-c2cc(=O)c3c(O)cc(OC4OC(COC5OC(CO)C(O)C(O)C5O)C(O)C(O)C4O)cc3o2)cc(OC)c1O. The molecule has 10 atom stereocenters. The molecule has 2 fully saturated rings. The number of hydrogen-bond acceptors (Lipinski definition) is 17. The summed E-state index contributed by atoms with van der Waals surface area (Å²) in [6, 6.07) is 6.15. The zero-order valence-corrected chi connectivity index (χ0v) is 24.4. The van der Waals surface area contributed by atoms with E-state index in [1.165, 1.54) is 32.4 Å². The summed E-state index contributed by atoms with van der Waals surface area (Å²) in [6.07, 6.45) is -16.4. The molecule has 0 aliphatic carbocycles. The van der Waals surface area contributed by atoms with Gasteiger partial charge in [-0.05, 0) is 12.1 Å². The van der Waals surface area contributed by atoms with E-state index < -0.39 is 85.8 Å². The van der Waals surface area contributed by atoms with Gasteiger partial charge in [-0.15, -0.1) is 0 Å². The lowest BCUT2D eigenvalue weighted by Crippen LogP contribution is -2.62. The van der Waals surface area contributed by atoms with Crippen LogP contribution in [0.15, 0.2) is 39.5 Å². The molecule has 10 unspecified atom stereocenters. The van der Waals surface area contributed by atoms with Gasteiger partial charge in [-0.1, -0.05) is 0 Å². The molecule has 0 bridgehead atoms. The van der Waals surface area contributed by atoms with Crippen LogP contribution in [0.5, 0.6) is 28.7 Å². The molecule has 5 rings (SSSR count). The Balaban J connectivity index is 1.38. The zero-order valence-electron chi connectivity index (χ0n) is 24.4. The molecule has 0 radical (unpaired) electrons. The minimum absolute atomic E-state index is 0.00329. The minimum atomic E-state index is -1.83. The summed E-state index contributed by atoms with van der Waals surface area (Å²) in [5.41, 5.74) is -0.511. The van der Waals surface area contributed by atoms with Gasteiger partial charge >= 0.3 is 0 Å². The van der Waals surface area contributed by atoms with Gasteiger partial charge in [0.2, 0.25) is 12.0 Å². The first kappa shape index (κ1) is 33.6. The number of phenolic OH excluding ortho intramolecular Hbond substituents is 2. The molecular formula is C29H34O17. The number of hydrogen-bond donors (Lipinski definition) is 9. The Labute approximate surface area is 259 Å². The molecule has 252 valence electrons. The van der Waals surface area contributed by atoms with Gasteiger partial charge in [0.1, 0.15) is 77.1 Å². The Morgan fingerprint density at radius 3 is 1.93 bits per heavy atom. The maximum absolute atomic E-state index is 13.0. The highest BCUT2D eigenvalue weighted by molar-refractivity contribution is 5.86. The summed E-state index contributed by atoms with van der Waals surface area (Å²) in [5, 5.41) is 91.8. The summed E-state index contributed by atoms with van der Waals surface area (Å²) < 4.78 is 38.2. The quantitative estimate of drug-likeness (QED) is 0.119. The predicted octanol–water partition coefficient (Wildman–Crippen LogP) is -2.11. The van der Waals surface area contributed by atoms with E-state index in [4.69, 9.17) is 32.8 Å². The van der Waals surface area contributed by atoms with E-state index in [-0.39, 0.29) is 45.3 Å². The number of phenols is 2. The number of benzene rings is 2. The average molecular weight is 655 g/mol. The molecule has 2 aliphatic rings. The van der Waals surface area contributed by atoms with Crippen molar-refractivity contribution in [1.82, 2.24) is 0 Å². The van der Waals surface area contributed by atoms with Gasteiger partial charge in [-0.25, -0.2) is 0 Å². The van der Waals surface area contributed by atoms with Crippen molar-refractivity contribution in [2.75, 3.05) is 27.4 Å². The average Bonchev–Trinajstić information content (AvgIpc) is 3.03. The van der Waals surface area contributed by atoms with Crippen molar-refractivity contribution in [3.05, 3.63) is 40.6 Å². The third-order valence-electron chi connectivity index (χ3n) is 7.74. The molecule has 9 N–H and O–H groups in total. The fourth-order valence-corrected chi connectivity index (χ4v) is 5.17. The number of methoxy groups -OCH3 is 2. The molecule has 17 nitrogen and oxygen atoms in total. The van der Waals surface area contributed by atoms with Crippen LogP contribution in [0.3, 0.4) is 0 Å². The van der Waals surface area contributed by atoms with Gasteiger partial charge in [-0.3, -0.25) is 4.79 Å². The Hall–Kier alpha value is -3.75. The van der Waals surface area contributed by atoms with Gasteiger partial charge in [0.15, 0.2) is 23.2 Å². The van der Waals surface area contributed by atoms with Crippen molar-refractivity contribution in [1.29, 1.82) is 0 Å². The van der Waals surface area contributed by atoms with Crippen LogP contribution in [0, 0.1) is 0 Å². The molecule has 3 aromatic rings. The highest BCUT2D eigenvalue weighted by Crippen LogP contribution is 2.41. The molecular weight excluding hydrogens is 620 g/mol. The normalized spacial score (nSPS) is 31.5. The molecule has 1 aromatic heterocycles. The predicted molar refractivity (Wildman–Crippen MR) is 151 cm³/mol. The van der Waals surface area contributed by atoms with Crippen molar-refractivity contribution in [3.63, 3.8) is 0 Å². The lowest BCUT2D eigenvalue weighted by molar-refractivity contribution is -0.323. The van der Waals surface area contributed by atoms with E-state index in [9.17, 15) is 50.8 Å². The van der Waals surface area contributed by atoms with Crippen molar-refractivity contribution < 1.29 is 78.8 Å². The maximum Gasteiger partial charge on any atom is 0.229 e. The van der Waals surface area contributed by atoms with Crippen LogP contribution in [0.1, 0.15) is 0 Å². The van der Waals surface area contributed by atoms with Gasteiger partial charge in [0.25, 0.3) is 0 Å². The first-order valence-electron chi connectivity index (χ1n) is 13.9. The smallest absolute Gasteiger partial charge is 0.229 e.